The van der Waals surface area contributed by atoms with Gasteiger partial charge < -0.3 is 10.1 Å². The summed E-state index contributed by atoms with van der Waals surface area (Å²) in [7, 11) is 0. The Hall–Kier alpha value is -0.450. The summed E-state index contributed by atoms with van der Waals surface area (Å²) in [5.41, 5.74) is 1.86. The van der Waals surface area contributed by atoms with Gasteiger partial charge in [-0.1, -0.05) is 0 Å². The van der Waals surface area contributed by atoms with Crippen LogP contribution >= 0.6 is 11.3 Å². The second-order valence-corrected chi connectivity index (χ2v) is 4.20. The number of nitrogens with zero attached hydrogens (tertiary/aromatic N) is 1. The van der Waals surface area contributed by atoms with Crippen LogP contribution < -0.4 is 5.32 Å². The van der Waals surface area contributed by atoms with E-state index in [9.17, 15) is 0 Å². The maximum atomic E-state index is 5.50. The number of ether oxygens (including phenoxy) is 1. The third kappa shape index (κ3) is 2.76. The molecule has 2 heterocycles. The largest absolute Gasteiger partial charge is 0.377 e. The van der Waals surface area contributed by atoms with Gasteiger partial charge in [-0.05, 0) is 12.8 Å². The van der Waals surface area contributed by atoms with Crippen molar-refractivity contribution in [2.45, 2.75) is 25.5 Å². The molecule has 13 heavy (non-hydrogen) atoms. The highest BCUT2D eigenvalue weighted by Crippen LogP contribution is 2.11. The highest BCUT2D eigenvalue weighted by Gasteiger charge is 2.14. The van der Waals surface area contributed by atoms with Crippen LogP contribution in [-0.4, -0.2) is 24.2 Å². The summed E-state index contributed by atoms with van der Waals surface area (Å²) < 4.78 is 5.50. The number of hydrogen-bond acceptors (Lipinski definition) is 4. The molecule has 0 bridgehead atoms. The van der Waals surface area contributed by atoms with E-state index in [0.717, 1.165) is 19.7 Å². The summed E-state index contributed by atoms with van der Waals surface area (Å²) in [4.78, 5) is 5.31. The maximum Gasteiger partial charge on any atom is 0.0794 e. The maximum absolute atomic E-state index is 5.50. The first-order chi connectivity index (χ1) is 6.45. The quantitative estimate of drug-likeness (QED) is 0.794. The first-order valence-electron chi connectivity index (χ1n) is 4.65. The fourth-order valence-electron chi connectivity index (χ4n) is 1.49. The van der Waals surface area contributed by atoms with Gasteiger partial charge in [0.05, 0.1) is 11.6 Å². The van der Waals surface area contributed by atoms with Gasteiger partial charge in [0.1, 0.15) is 0 Å². The summed E-state index contributed by atoms with van der Waals surface area (Å²) in [5, 5.41) is 3.38. The minimum atomic E-state index is 0.438. The zero-order chi connectivity index (χ0) is 8.93. The molecule has 1 unspecified atom stereocenters. The van der Waals surface area contributed by atoms with Gasteiger partial charge in [-0.15, -0.1) is 11.3 Å². The standard InChI is InChI=1S/C9H14N2OS/c1-2-8(12-3-1)4-10-5-9-6-11-7-13-9/h6-8,10H,1-5H2. The Morgan fingerprint density at radius 3 is 3.38 bits per heavy atom. The molecule has 0 saturated carbocycles. The lowest BCUT2D eigenvalue weighted by molar-refractivity contribution is 0.110. The van der Waals surface area contributed by atoms with Crippen molar-refractivity contribution in [1.29, 1.82) is 0 Å². The SMILES string of the molecule is c1ncc(CNCC2CCCO2)s1. The first-order valence-corrected chi connectivity index (χ1v) is 5.53. The van der Waals surface area contributed by atoms with Crippen LogP contribution in [0.4, 0.5) is 0 Å². The lowest BCUT2D eigenvalue weighted by Gasteiger charge is -2.09. The van der Waals surface area contributed by atoms with Crippen LogP contribution in [0.25, 0.3) is 0 Å². The van der Waals surface area contributed by atoms with Crippen LogP contribution in [0, 0.1) is 0 Å². The van der Waals surface area contributed by atoms with E-state index < -0.39 is 0 Å². The number of aromatic nitrogens is 1. The molecular formula is C9H14N2OS. The van der Waals surface area contributed by atoms with Crippen molar-refractivity contribution in [2.24, 2.45) is 0 Å². The molecule has 4 heteroatoms. The molecule has 1 saturated heterocycles. The van der Waals surface area contributed by atoms with E-state index in [-0.39, 0.29) is 0 Å². The normalized spacial score (nSPS) is 22.3. The molecule has 2 rings (SSSR count). The van der Waals surface area contributed by atoms with Crippen LogP contribution in [0.5, 0.6) is 0 Å². The molecule has 1 aromatic rings. The lowest BCUT2D eigenvalue weighted by Crippen LogP contribution is -2.25. The molecule has 1 aliphatic rings. The van der Waals surface area contributed by atoms with Gasteiger partial charge in [0.15, 0.2) is 0 Å². The first kappa shape index (κ1) is 9.12. The molecule has 1 aromatic heterocycles. The van der Waals surface area contributed by atoms with Gasteiger partial charge in [0.25, 0.3) is 0 Å². The van der Waals surface area contributed by atoms with Gasteiger partial charge in [-0.3, -0.25) is 4.98 Å². The van der Waals surface area contributed by atoms with E-state index >= 15 is 0 Å². The van der Waals surface area contributed by atoms with E-state index in [1.54, 1.807) is 11.3 Å². The second kappa shape index (κ2) is 4.69. The molecule has 3 nitrogen and oxygen atoms in total. The average Bonchev–Trinajstić information content (AvgIpc) is 2.75. The number of nitrogens with one attached hydrogen (secondary N) is 1. The van der Waals surface area contributed by atoms with E-state index in [4.69, 9.17) is 4.74 Å². The predicted octanol–water partition coefficient (Wildman–Crippen LogP) is 1.41. The van der Waals surface area contributed by atoms with E-state index in [1.807, 2.05) is 11.7 Å². The third-order valence-corrected chi connectivity index (χ3v) is 2.96. The van der Waals surface area contributed by atoms with E-state index in [2.05, 4.69) is 10.3 Å². The molecule has 1 aliphatic heterocycles. The van der Waals surface area contributed by atoms with Gasteiger partial charge in [-0.25, -0.2) is 0 Å². The van der Waals surface area contributed by atoms with Crippen molar-refractivity contribution in [3.8, 4) is 0 Å². The molecule has 1 atom stereocenters. The highest BCUT2D eigenvalue weighted by atomic mass is 32.1. The number of thiazole rings is 1. The zero-order valence-electron chi connectivity index (χ0n) is 7.53. The Labute approximate surface area is 82.1 Å². The van der Waals surface area contributed by atoms with Gasteiger partial charge in [0, 0.05) is 30.8 Å². The smallest absolute Gasteiger partial charge is 0.0794 e. The van der Waals surface area contributed by atoms with Crippen LogP contribution in [0.2, 0.25) is 0 Å². The molecule has 72 valence electrons. The van der Waals surface area contributed by atoms with E-state index in [1.165, 1.54) is 17.7 Å². The molecule has 1 N–H and O–H groups in total. The predicted molar refractivity (Wildman–Crippen MR) is 52.8 cm³/mol. The number of rotatable bonds is 4. The Bertz CT molecular complexity index is 232. The summed E-state index contributed by atoms with van der Waals surface area (Å²) in [6.45, 7) is 2.83. The Morgan fingerprint density at radius 1 is 1.69 bits per heavy atom. The van der Waals surface area contributed by atoms with Crippen molar-refractivity contribution < 1.29 is 4.74 Å². The topological polar surface area (TPSA) is 34.2 Å². The fraction of sp³-hybridized carbons (Fsp3) is 0.667. The Kier molecular flexibility index (Phi) is 3.29. The minimum Gasteiger partial charge on any atom is -0.377 e. The molecule has 0 spiro atoms. The highest BCUT2D eigenvalue weighted by molar-refractivity contribution is 7.09. The summed E-state index contributed by atoms with van der Waals surface area (Å²) in [6.07, 6.45) is 4.77. The van der Waals surface area contributed by atoms with Crippen molar-refractivity contribution in [2.75, 3.05) is 13.2 Å². The van der Waals surface area contributed by atoms with Gasteiger partial charge >= 0.3 is 0 Å². The second-order valence-electron chi connectivity index (χ2n) is 3.23. The molecule has 0 amide bonds. The summed E-state index contributed by atoms with van der Waals surface area (Å²) in [6, 6.07) is 0. The lowest BCUT2D eigenvalue weighted by atomic mass is 10.2. The molecule has 0 aromatic carbocycles. The summed E-state index contributed by atoms with van der Waals surface area (Å²) in [5.74, 6) is 0. The molecule has 1 fully saturated rings. The molecule has 0 aliphatic carbocycles. The van der Waals surface area contributed by atoms with Crippen molar-refractivity contribution >= 4 is 11.3 Å². The zero-order valence-corrected chi connectivity index (χ0v) is 8.35. The Morgan fingerprint density at radius 2 is 2.69 bits per heavy atom. The summed E-state index contributed by atoms with van der Waals surface area (Å²) >= 11 is 1.69. The third-order valence-electron chi connectivity index (χ3n) is 2.18. The number of hydrogen-bond donors (Lipinski definition) is 1. The molecule has 0 radical (unpaired) electrons. The minimum absolute atomic E-state index is 0.438. The van der Waals surface area contributed by atoms with Crippen molar-refractivity contribution in [3.63, 3.8) is 0 Å². The van der Waals surface area contributed by atoms with Gasteiger partial charge in [-0.2, -0.15) is 0 Å². The van der Waals surface area contributed by atoms with Crippen LogP contribution in [0.1, 0.15) is 17.7 Å². The van der Waals surface area contributed by atoms with Crippen LogP contribution in [-0.2, 0) is 11.3 Å². The Balaban J connectivity index is 1.63. The average molecular weight is 198 g/mol. The van der Waals surface area contributed by atoms with Gasteiger partial charge in [0.2, 0.25) is 0 Å². The van der Waals surface area contributed by atoms with E-state index in [0.29, 0.717) is 6.10 Å². The van der Waals surface area contributed by atoms with Crippen LogP contribution in [0.3, 0.4) is 0 Å². The molecular weight excluding hydrogens is 184 g/mol. The fourth-order valence-corrected chi connectivity index (χ4v) is 2.06. The van der Waals surface area contributed by atoms with Crippen molar-refractivity contribution in [3.05, 3.63) is 16.6 Å². The monoisotopic (exact) mass is 198 g/mol. The van der Waals surface area contributed by atoms with Crippen LogP contribution in [0.15, 0.2) is 11.7 Å². The van der Waals surface area contributed by atoms with Crippen molar-refractivity contribution in [1.82, 2.24) is 10.3 Å².